The molecular weight excluding hydrogens is 300 g/mol. The lowest BCUT2D eigenvalue weighted by Crippen LogP contribution is -2.38. The summed E-state index contributed by atoms with van der Waals surface area (Å²) in [6, 6.07) is 1.97. The van der Waals surface area contributed by atoms with Crippen molar-refractivity contribution in [2.45, 2.75) is 40.2 Å². The van der Waals surface area contributed by atoms with Crippen LogP contribution in [0, 0.1) is 5.41 Å². The van der Waals surface area contributed by atoms with E-state index in [0.717, 1.165) is 9.35 Å². The van der Waals surface area contributed by atoms with Gasteiger partial charge in [0.05, 0.1) is 0 Å². The first-order valence-corrected chi connectivity index (χ1v) is 7.39. The van der Waals surface area contributed by atoms with Crippen LogP contribution in [0.25, 0.3) is 0 Å². The molecule has 4 heteroatoms. The van der Waals surface area contributed by atoms with Crippen molar-refractivity contribution in [1.82, 2.24) is 0 Å². The molecule has 0 bridgehead atoms. The zero-order valence-corrected chi connectivity index (χ0v) is 13.2. The number of ether oxygens (including phenoxy) is 1. The number of carbonyl (C=O) groups excluding carboxylic acids is 1. The highest BCUT2D eigenvalue weighted by molar-refractivity contribution is 9.10. The maximum atomic E-state index is 12.3. The van der Waals surface area contributed by atoms with Crippen LogP contribution in [-0.4, -0.2) is 18.5 Å². The summed E-state index contributed by atoms with van der Waals surface area (Å²) in [5, 5.41) is 1.99. The van der Waals surface area contributed by atoms with Gasteiger partial charge < -0.3 is 4.74 Å². The second kappa shape index (κ2) is 6.12. The number of carbonyl (C=O) groups is 1. The van der Waals surface area contributed by atoms with E-state index in [1.807, 2.05) is 39.1 Å². The molecule has 0 fully saturated rings. The first-order valence-electron chi connectivity index (χ1n) is 5.72. The highest BCUT2D eigenvalue weighted by Gasteiger charge is 2.31. The first kappa shape index (κ1) is 14.9. The summed E-state index contributed by atoms with van der Waals surface area (Å²) in [6.07, 6.45) is 0.113. The number of thiophene rings is 1. The average Bonchev–Trinajstić information content (AvgIpc) is 2.59. The van der Waals surface area contributed by atoms with Crippen LogP contribution in [-0.2, 0) is 16.0 Å². The van der Waals surface area contributed by atoms with Gasteiger partial charge in [-0.25, -0.2) is 0 Å². The minimum atomic E-state index is -0.332. The molecule has 2 nitrogen and oxygen atoms in total. The van der Waals surface area contributed by atoms with Crippen molar-refractivity contribution in [3.63, 3.8) is 0 Å². The lowest BCUT2D eigenvalue weighted by molar-refractivity contribution is -0.136. The van der Waals surface area contributed by atoms with Gasteiger partial charge in [0.1, 0.15) is 6.10 Å². The van der Waals surface area contributed by atoms with Gasteiger partial charge in [-0.05, 0) is 39.7 Å². The van der Waals surface area contributed by atoms with Crippen LogP contribution in [0.1, 0.15) is 32.6 Å². The molecule has 0 aliphatic rings. The molecule has 0 spiro atoms. The van der Waals surface area contributed by atoms with E-state index in [4.69, 9.17) is 4.74 Å². The van der Waals surface area contributed by atoms with E-state index in [-0.39, 0.29) is 17.3 Å². The molecule has 1 aromatic heterocycles. The van der Waals surface area contributed by atoms with Crippen molar-refractivity contribution >= 4 is 33.0 Å². The molecular formula is C13H19BrO2S. The van der Waals surface area contributed by atoms with Gasteiger partial charge in [-0.2, -0.15) is 0 Å². The Bertz CT molecular complexity index is 379. The minimum absolute atomic E-state index is 0.155. The van der Waals surface area contributed by atoms with Crippen LogP contribution >= 0.6 is 27.3 Å². The van der Waals surface area contributed by atoms with Crippen LogP contribution in [0.15, 0.2) is 15.9 Å². The summed E-state index contributed by atoms with van der Waals surface area (Å²) in [6.45, 7) is 8.60. The quantitative estimate of drug-likeness (QED) is 0.818. The summed E-state index contributed by atoms with van der Waals surface area (Å²) in [5.74, 6) is 0.155. The first-order chi connectivity index (χ1) is 7.86. The molecule has 0 aromatic carbocycles. The van der Waals surface area contributed by atoms with Crippen molar-refractivity contribution in [2.75, 3.05) is 6.61 Å². The number of rotatable bonds is 5. The lowest BCUT2D eigenvalue weighted by atomic mass is 9.85. The summed E-state index contributed by atoms with van der Waals surface area (Å²) < 4.78 is 6.61. The molecule has 0 saturated carbocycles. The Morgan fingerprint density at radius 3 is 2.59 bits per heavy atom. The van der Waals surface area contributed by atoms with Gasteiger partial charge in [0.15, 0.2) is 5.78 Å². The molecule has 0 aliphatic carbocycles. The summed E-state index contributed by atoms with van der Waals surface area (Å²) in [4.78, 5) is 13.3. The highest BCUT2D eigenvalue weighted by Crippen LogP contribution is 2.28. The second-order valence-electron chi connectivity index (χ2n) is 5.04. The van der Waals surface area contributed by atoms with E-state index >= 15 is 0 Å². The third-order valence-electron chi connectivity index (χ3n) is 2.44. The van der Waals surface area contributed by atoms with E-state index in [9.17, 15) is 4.79 Å². The minimum Gasteiger partial charge on any atom is -0.370 e. The molecule has 1 unspecified atom stereocenters. The van der Waals surface area contributed by atoms with Crippen molar-refractivity contribution in [1.29, 1.82) is 0 Å². The smallest absolute Gasteiger partial charge is 0.167 e. The number of hydrogen-bond donors (Lipinski definition) is 0. The number of halogens is 1. The van der Waals surface area contributed by atoms with Gasteiger partial charge in [-0.15, -0.1) is 11.3 Å². The van der Waals surface area contributed by atoms with E-state index < -0.39 is 0 Å². The SMILES string of the molecule is CCOC(C(=O)Cc1sccc1Br)C(C)(C)C. The highest BCUT2D eigenvalue weighted by atomic mass is 79.9. The van der Waals surface area contributed by atoms with E-state index in [0.29, 0.717) is 13.0 Å². The van der Waals surface area contributed by atoms with E-state index in [1.165, 1.54) is 0 Å². The van der Waals surface area contributed by atoms with Crippen LogP contribution in [0.2, 0.25) is 0 Å². The molecule has 1 aromatic rings. The zero-order chi connectivity index (χ0) is 13.1. The van der Waals surface area contributed by atoms with E-state index in [1.54, 1.807) is 11.3 Å². The fourth-order valence-corrected chi connectivity index (χ4v) is 3.20. The molecule has 96 valence electrons. The van der Waals surface area contributed by atoms with Gasteiger partial charge in [0.2, 0.25) is 0 Å². The topological polar surface area (TPSA) is 26.3 Å². The van der Waals surface area contributed by atoms with Gasteiger partial charge >= 0.3 is 0 Å². The fourth-order valence-electron chi connectivity index (χ4n) is 1.69. The number of Topliss-reactive ketones (excluding diaryl/α,β-unsaturated/α-hetero) is 1. The van der Waals surface area contributed by atoms with Crippen molar-refractivity contribution in [3.05, 3.63) is 20.8 Å². The largest absolute Gasteiger partial charge is 0.370 e. The van der Waals surface area contributed by atoms with Gasteiger partial charge in [0, 0.05) is 22.4 Å². The predicted octanol–water partition coefficient (Wildman–Crippen LogP) is 4.07. The van der Waals surface area contributed by atoms with Crippen molar-refractivity contribution in [3.8, 4) is 0 Å². The van der Waals surface area contributed by atoms with Crippen molar-refractivity contribution < 1.29 is 9.53 Å². The fraction of sp³-hybridized carbons (Fsp3) is 0.615. The maximum absolute atomic E-state index is 12.3. The monoisotopic (exact) mass is 318 g/mol. The molecule has 0 radical (unpaired) electrons. The summed E-state index contributed by atoms with van der Waals surface area (Å²) >= 11 is 5.05. The Kier molecular flexibility index (Phi) is 5.35. The number of hydrogen-bond acceptors (Lipinski definition) is 3. The normalized spacial score (nSPS) is 13.7. The second-order valence-corrected chi connectivity index (χ2v) is 6.89. The zero-order valence-electron chi connectivity index (χ0n) is 10.7. The molecule has 0 N–H and O–H groups in total. The molecule has 0 saturated heterocycles. The third kappa shape index (κ3) is 4.19. The molecule has 1 atom stereocenters. The lowest BCUT2D eigenvalue weighted by Gasteiger charge is -2.29. The molecule has 0 amide bonds. The Hall–Kier alpha value is -0.190. The van der Waals surface area contributed by atoms with Gasteiger partial charge in [-0.1, -0.05) is 20.8 Å². The Morgan fingerprint density at radius 1 is 1.53 bits per heavy atom. The standard InChI is InChI=1S/C13H19BrO2S/c1-5-16-12(13(2,3)4)10(15)8-11-9(14)6-7-17-11/h6-7,12H,5,8H2,1-4H3. The predicted molar refractivity (Wildman–Crippen MR) is 75.6 cm³/mol. The molecule has 1 heterocycles. The molecule has 1 rings (SSSR count). The molecule has 0 aliphatic heterocycles. The Balaban J connectivity index is 2.76. The third-order valence-corrected chi connectivity index (χ3v) is 4.36. The van der Waals surface area contributed by atoms with Crippen LogP contribution in [0.3, 0.4) is 0 Å². The Morgan fingerprint density at radius 2 is 2.18 bits per heavy atom. The average molecular weight is 319 g/mol. The Labute approximate surface area is 115 Å². The number of ketones is 1. The van der Waals surface area contributed by atoms with Crippen molar-refractivity contribution in [2.24, 2.45) is 5.41 Å². The van der Waals surface area contributed by atoms with Crippen LogP contribution in [0.4, 0.5) is 0 Å². The van der Waals surface area contributed by atoms with Gasteiger partial charge in [0.25, 0.3) is 0 Å². The van der Waals surface area contributed by atoms with Crippen LogP contribution in [0.5, 0.6) is 0 Å². The molecule has 17 heavy (non-hydrogen) atoms. The maximum Gasteiger partial charge on any atom is 0.167 e. The summed E-state index contributed by atoms with van der Waals surface area (Å²) in [5.41, 5.74) is -0.156. The van der Waals surface area contributed by atoms with Crippen LogP contribution < -0.4 is 0 Å². The van der Waals surface area contributed by atoms with Gasteiger partial charge in [-0.3, -0.25) is 4.79 Å². The summed E-state index contributed by atoms with van der Waals surface area (Å²) in [7, 11) is 0. The van der Waals surface area contributed by atoms with E-state index in [2.05, 4.69) is 15.9 Å².